The molecule has 3 heterocycles. The van der Waals surface area contributed by atoms with E-state index in [1.165, 1.54) is 62.6 Å². The molecule has 5 aromatic carbocycles. The molecule has 3 nitrogen and oxygen atoms in total. The molecule has 10 rings (SSSR count). The highest BCUT2D eigenvalue weighted by Crippen LogP contribution is 2.49. The van der Waals surface area contributed by atoms with E-state index in [1.807, 2.05) is 22.7 Å². The average molecular weight is 652 g/mol. The van der Waals surface area contributed by atoms with E-state index in [-0.39, 0.29) is 5.41 Å². The van der Waals surface area contributed by atoms with Crippen LogP contribution in [0.3, 0.4) is 0 Å². The molecule has 0 fully saturated rings. The van der Waals surface area contributed by atoms with Crippen molar-refractivity contribution in [3.05, 3.63) is 150 Å². The summed E-state index contributed by atoms with van der Waals surface area (Å²) in [6.45, 7) is 4.67. The molecule has 3 aromatic heterocycles. The maximum Gasteiger partial charge on any atom is 0.165 e. The van der Waals surface area contributed by atoms with Crippen LogP contribution >= 0.6 is 22.7 Å². The highest BCUT2D eigenvalue weighted by Gasteiger charge is 2.35. The second kappa shape index (κ2) is 10.4. The van der Waals surface area contributed by atoms with Crippen molar-refractivity contribution < 1.29 is 0 Å². The van der Waals surface area contributed by atoms with Crippen LogP contribution in [-0.4, -0.2) is 15.0 Å². The molecule has 0 atom stereocenters. The molecule has 2 aliphatic carbocycles. The van der Waals surface area contributed by atoms with Crippen LogP contribution in [0, 0.1) is 0 Å². The molecule has 0 saturated carbocycles. The molecule has 0 N–H and O–H groups in total. The predicted octanol–water partition coefficient (Wildman–Crippen LogP) is 12.0. The second-order valence-electron chi connectivity index (χ2n) is 13.2. The van der Waals surface area contributed by atoms with Gasteiger partial charge in [-0.15, -0.1) is 22.7 Å². The molecular weight excluding hydrogens is 623 g/mol. The lowest BCUT2D eigenvalue weighted by atomic mass is 9.67. The van der Waals surface area contributed by atoms with Crippen LogP contribution in [0.2, 0.25) is 0 Å². The quantitative estimate of drug-likeness (QED) is 0.191. The number of fused-ring (bicyclic) bond motifs is 10. The molecule has 5 heteroatoms. The first-order valence-electron chi connectivity index (χ1n) is 16.3. The number of nitrogens with zero attached hydrogens (tertiary/aromatic N) is 3. The summed E-state index contributed by atoms with van der Waals surface area (Å²) in [4.78, 5) is 16.0. The van der Waals surface area contributed by atoms with Gasteiger partial charge in [-0.3, -0.25) is 0 Å². The van der Waals surface area contributed by atoms with Gasteiger partial charge in [0.15, 0.2) is 17.5 Å². The Morgan fingerprint density at radius 1 is 0.562 bits per heavy atom. The van der Waals surface area contributed by atoms with Gasteiger partial charge in [0.2, 0.25) is 0 Å². The van der Waals surface area contributed by atoms with Crippen molar-refractivity contribution in [3.63, 3.8) is 0 Å². The average Bonchev–Trinajstić information content (AvgIpc) is 3.62. The minimum Gasteiger partial charge on any atom is -0.208 e. The number of hydrogen-bond donors (Lipinski definition) is 0. The van der Waals surface area contributed by atoms with Gasteiger partial charge in [0.25, 0.3) is 0 Å². The Hall–Kier alpha value is -5.23. The van der Waals surface area contributed by atoms with Gasteiger partial charge in [0.1, 0.15) is 0 Å². The highest BCUT2D eigenvalue weighted by atomic mass is 32.1. The third-order valence-electron chi connectivity index (χ3n) is 10.1. The van der Waals surface area contributed by atoms with Crippen LogP contribution < -0.4 is 0 Å². The summed E-state index contributed by atoms with van der Waals surface area (Å²) in [5.74, 6) is 2.11. The van der Waals surface area contributed by atoms with Crippen LogP contribution in [0.15, 0.2) is 133 Å². The molecule has 0 radical (unpaired) electrons. The number of aromatic nitrogens is 3. The SMILES string of the molecule is CC1(C)C2=CC=CC(c3nc(-c4cccc5c4sc4ccccc45)nc(-c4cccc5sc6ccccc6c45)n3)=C(C2)c2ccccc21. The van der Waals surface area contributed by atoms with E-state index in [4.69, 9.17) is 15.0 Å². The Balaban J connectivity index is 1.29. The van der Waals surface area contributed by atoms with E-state index in [2.05, 4.69) is 141 Å². The Kier molecular flexibility index (Phi) is 6.02. The first kappa shape index (κ1) is 27.8. The second-order valence-corrected chi connectivity index (χ2v) is 15.3. The van der Waals surface area contributed by atoms with Crippen LogP contribution in [0.1, 0.15) is 37.2 Å². The Morgan fingerprint density at radius 3 is 2.06 bits per heavy atom. The first-order chi connectivity index (χ1) is 23.5. The summed E-state index contributed by atoms with van der Waals surface area (Å²) in [5, 5.41) is 4.93. The molecule has 228 valence electrons. The maximum absolute atomic E-state index is 5.36. The molecule has 48 heavy (non-hydrogen) atoms. The van der Waals surface area contributed by atoms with Gasteiger partial charge < -0.3 is 0 Å². The maximum atomic E-state index is 5.36. The van der Waals surface area contributed by atoms with E-state index in [1.54, 1.807) is 0 Å². The minimum atomic E-state index is -0.0538. The van der Waals surface area contributed by atoms with Gasteiger partial charge in [0, 0.05) is 62.5 Å². The summed E-state index contributed by atoms with van der Waals surface area (Å²) in [6, 6.07) is 39.1. The third kappa shape index (κ3) is 4.08. The Labute approximate surface area is 286 Å². The molecule has 2 bridgehead atoms. The van der Waals surface area contributed by atoms with Crippen LogP contribution in [0.5, 0.6) is 0 Å². The zero-order valence-electron chi connectivity index (χ0n) is 26.5. The van der Waals surface area contributed by atoms with Crippen molar-refractivity contribution in [1.82, 2.24) is 15.0 Å². The Morgan fingerprint density at radius 2 is 1.19 bits per heavy atom. The van der Waals surface area contributed by atoms with Crippen LogP contribution in [0.25, 0.3) is 74.3 Å². The molecule has 2 aliphatic rings. The van der Waals surface area contributed by atoms with Crippen molar-refractivity contribution in [3.8, 4) is 22.8 Å². The fourth-order valence-electron chi connectivity index (χ4n) is 7.67. The number of hydrogen-bond acceptors (Lipinski definition) is 5. The third-order valence-corrected chi connectivity index (χ3v) is 12.5. The van der Waals surface area contributed by atoms with Crippen molar-refractivity contribution in [1.29, 1.82) is 0 Å². The van der Waals surface area contributed by atoms with Gasteiger partial charge in [0.05, 0.1) is 0 Å². The van der Waals surface area contributed by atoms with E-state index in [0.29, 0.717) is 17.5 Å². The summed E-state index contributed by atoms with van der Waals surface area (Å²) >= 11 is 3.62. The molecule has 0 spiro atoms. The largest absolute Gasteiger partial charge is 0.208 e. The fourth-order valence-corrected chi connectivity index (χ4v) is 10.0. The van der Waals surface area contributed by atoms with Crippen molar-refractivity contribution in [2.75, 3.05) is 0 Å². The number of allylic oxidation sites excluding steroid dienone is 6. The molecular formula is C43H29N3S2. The van der Waals surface area contributed by atoms with E-state index >= 15 is 0 Å². The van der Waals surface area contributed by atoms with E-state index in [0.717, 1.165) is 23.1 Å². The van der Waals surface area contributed by atoms with Gasteiger partial charge in [-0.1, -0.05) is 123 Å². The fraction of sp³-hybridized carbons (Fsp3) is 0.0930. The molecule has 0 aliphatic heterocycles. The first-order valence-corrected chi connectivity index (χ1v) is 18.0. The van der Waals surface area contributed by atoms with E-state index < -0.39 is 0 Å². The smallest absolute Gasteiger partial charge is 0.165 e. The summed E-state index contributed by atoms with van der Waals surface area (Å²) < 4.78 is 4.96. The van der Waals surface area contributed by atoms with E-state index in [9.17, 15) is 0 Å². The normalized spacial score (nSPS) is 15.3. The van der Waals surface area contributed by atoms with Crippen LogP contribution in [0.4, 0.5) is 0 Å². The zero-order valence-corrected chi connectivity index (χ0v) is 28.1. The van der Waals surface area contributed by atoms with Crippen molar-refractivity contribution in [2.45, 2.75) is 25.7 Å². The lowest BCUT2D eigenvalue weighted by molar-refractivity contribution is 0.599. The van der Waals surface area contributed by atoms with Gasteiger partial charge >= 0.3 is 0 Å². The summed E-state index contributed by atoms with van der Waals surface area (Å²) in [7, 11) is 0. The molecule has 0 saturated heterocycles. The summed E-state index contributed by atoms with van der Waals surface area (Å²) in [5.41, 5.74) is 8.37. The van der Waals surface area contributed by atoms with Crippen molar-refractivity contribution >= 4 is 74.2 Å². The molecule has 0 amide bonds. The monoisotopic (exact) mass is 651 g/mol. The predicted molar refractivity (Wildman–Crippen MR) is 205 cm³/mol. The minimum absolute atomic E-state index is 0.0538. The topological polar surface area (TPSA) is 38.7 Å². The van der Waals surface area contributed by atoms with Crippen LogP contribution in [-0.2, 0) is 5.41 Å². The molecule has 8 aromatic rings. The lowest BCUT2D eigenvalue weighted by Gasteiger charge is -2.37. The highest BCUT2D eigenvalue weighted by molar-refractivity contribution is 7.26. The summed E-state index contributed by atoms with van der Waals surface area (Å²) in [6.07, 6.45) is 7.56. The standard InChI is InChI=1S/C43H29N3S2/c1-43(2)25-12-9-17-29(33(24-25)26-13-3-6-20-34(26)43)40-44-41(31-18-11-23-37-38(31)30-15-5-8-22-36(30)47-37)46-42(45-40)32-19-10-16-28-27-14-4-7-21-35(27)48-39(28)32/h3-23H,24H2,1-2H3. The zero-order chi connectivity index (χ0) is 32.0. The van der Waals surface area contributed by atoms with Gasteiger partial charge in [-0.25, -0.2) is 15.0 Å². The molecule has 0 unspecified atom stereocenters. The van der Waals surface area contributed by atoms with Gasteiger partial charge in [-0.2, -0.15) is 0 Å². The lowest BCUT2D eigenvalue weighted by Crippen LogP contribution is -2.26. The Bertz CT molecular complexity index is 2740. The van der Waals surface area contributed by atoms with Gasteiger partial charge in [-0.05, 0) is 47.4 Å². The number of rotatable bonds is 3. The number of benzene rings is 5. The van der Waals surface area contributed by atoms with Crippen molar-refractivity contribution in [2.24, 2.45) is 0 Å². The number of thiophene rings is 2.